The average Bonchev–Trinajstić information content (AvgIpc) is 3.62. The van der Waals surface area contributed by atoms with E-state index < -0.39 is 6.17 Å². The van der Waals surface area contributed by atoms with E-state index in [1.54, 1.807) is 25.4 Å². The number of rotatable bonds is 5. The molecule has 8 nitrogen and oxygen atoms in total. The Kier molecular flexibility index (Phi) is 6.86. The van der Waals surface area contributed by atoms with Gasteiger partial charge in [0.1, 0.15) is 29.3 Å². The van der Waals surface area contributed by atoms with E-state index in [9.17, 15) is 14.4 Å². The van der Waals surface area contributed by atoms with E-state index in [2.05, 4.69) is 23.0 Å². The molecule has 1 amide bonds. The number of piperazine rings is 1. The smallest absolute Gasteiger partial charge is 0.254 e. The molecule has 0 radical (unpaired) electrons. The van der Waals surface area contributed by atoms with Crippen molar-refractivity contribution in [2.45, 2.75) is 12.6 Å². The van der Waals surface area contributed by atoms with Gasteiger partial charge in [-0.3, -0.25) is 9.78 Å². The number of benzene rings is 2. The van der Waals surface area contributed by atoms with Crippen LogP contribution in [0.2, 0.25) is 0 Å². The fourth-order valence-corrected chi connectivity index (χ4v) is 5.52. The summed E-state index contributed by atoms with van der Waals surface area (Å²) in [7, 11) is 3.63. The molecule has 6 rings (SSSR count). The first-order valence-corrected chi connectivity index (χ1v) is 13.4. The van der Waals surface area contributed by atoms with Crippen molar-refractivity contribution in [2.24, 2.45) is 0 Å². The van der Waals surface area contributed by atoms with Crippen molar-refractivity contribution in [3.63, 3.8) is 0 Å². The summed E-state index contributed by atoms with van der Waals surface area (Å²) >= 11 is 0. The summed E-state index contributed by atoms with van der Waals surface area (Å²) in [5.41, 5.74) is 5.37. The molecule has 1 unspecified atom stereocenters. The summed E-state index contributed by atoms with van der Waals surface area (Å²) < 4.78 is 25.8. The van der Waals surface area contributed by atoms with Gasteiger partial charge in [-0.15, -0.1) is 0 Å². The molecule has 2 aliphatic rings. The van der Waals surface area contributed by atoms with Crippen LogP contribution in [0.15, 0.2) is 59.1 Å². The first-order chi connectivity index (χ1) is 19.4. The van der Waals surface area contributed by atoms with Crippen LogP contribution in [0.5, 0.6) is 5.75 Å². The molecular weight excluding hydrogens is 509 g/mol. The number of likely N-dealkylation sites (N-methyl/N-ethyl adjacent to an activating group) is 1. The van der Waals surface area contributed by atoms with Crippen LogP contribution in [0.3, 0.4) is 0 Å². The van der Waals surface area contributed by atoms with Crippen molar-refractivity contribution in [3.05, 3.63) is 65.9 Å². The van der Waals surface area contributed by atoms with E-state index in [0.717, 1.165) is 29.9 Å². The Hall–Kier alpha value is -4.42. The Bertz CT molecular complexity index is 1620. The van der Waals surface area contributed by atoms with Crippen molar-refractivity contribution in [2.75, 3.05) is 58.3 Å². The summed E-state index contributed by atoms with van der Waals surface area (Å²) in [6.07, 6.45) is 1.31. The minimum Gasteiger partial charge on any atom is -0.496 e. The van der Waals surface area contributed by atoms with Crippen LogP contribution in [-0.4, -0.2) is 80.3 Å². The van der Waals surface area contributed by atoms with Crippen LogP contribution >= 0.6 is 0 Å². The van der Waals surface area contributed by atoms with Crippen LogP contribution in [0.4, 0.5) is 10.1 Å². The van der Waals surface area contributed by atoms with Gasteiger partial charge < -0.3 is 23.9 Å². The molecule has 0 saturated carbocycles. The van der Waals surface area contributed by atoms with Gasteiger partial charge in [0.05, 0.1) is 23.9 Å². The number of hydrogen-bond acceptors (Lipinski definition) is 7. The second-order valence-electron chi connectivity index (χ2n) is 10.4. The van der Waals surface area contributed by atoms with Gasteiger partial charge in [0.25, 0.3) is 5.91 Å². The molecule has 0 N–H and O–H groups in total. The van der Waals surface area contributed by atoms with Gasteiger partial charge in [-0.05, 0) is 55.4 Å². The lowest BCUT2D eigenvalue weighted by molar-refractivity contribution is 0.0663. The number of ether oxygens (including phenoxy) is 1. The zero-order valence-corrected chi connectivity index (χ0v) is 22.6. The van der Waals surface area contributed by atoms with E-state index in [1.165, 1.54) is 0 Å². The number of pyridine rings is 1. The van der Waals surface area contributed by atoms with Crippen molar-refractivity contribution < 1.29 is 18.3 Å². The fraction of sp³-hybridized carbons (Fsp3) is 0.323. The normalized spacial score (nSPS) is 17.8. The molecule has 40 heavy (non-hydrogen) atoms. The van der Waals surface area contributed by atoms with Crippen molar-refractivity contribution in [3.8, 4) is 34.3 Å². The Labute approximate surface area is 232 Å². The molecule has 9 heteroatoms. The Morgan fingerprint density at radius 3 is 2.62 bits per heavy atom. The molecule has 1 atom stereocenters. The van der Waals surface area contributed by atoms with Crippen LogP contribution in [0, 0.1) is 11.3 Å². The first-order valence-electron chi connectivity index (χ1n) is 13.4. The van der Waals surface area contributed by atoms with Gasteiger partial charge in [-0.25, -0.2) is 4.39 Å². The quantitative estimate of drug-likeness (QED) is 0.354. The number of aromatic nitrogens is 1. The predicted octanol–water partition coefficient (Wildman–Crippen LogP) is 4.98. The van der Waals surface area contributed by atoms with Gasteiger partial charge in [0, 0.05) is 62.7 Å². The van der Waals surface area contributed by atoms with Crippen LogP contribution in [0.25, 0.3) is 33.6 Å². The number of nitriles is 1. The van der Waals surface area contributed by atoms with Crippen molar-refractivity contribution in [1.82, 2.24) is 14.8 Å². The maximum absolute atomic E-state index is 13.8. The third-order valence-corrected chi connectivity index (χ3v) is 7.82. The highest BCUT2D eigenvalue weighted by molar-refractivity contribution is 5.97. The standard InChI is InChI=1S/C31H30FN5O3/c1-35-11-13-36(14-12-35)31(38)21-3-5-25(28(16-21)39-2)29-17-26-30(40-29)24(7-9-34-26)20-4-6-27(22(15-20)18-33)37-10-8-23(32)19-37/h3-7,9,15-17,23H,8,10-14,19H2,1-2H3. The molecule has 2 aromatic carbocycles. The molecule has 2 aliphatic heterocycles. The lowest BCUT2D eigenvalue weighted by atomic mass is 10.0. The highest BCUT2D eigenvalue weighted by Gasteiger charge is 2.25. The summed E-state index contributed by atoms with van der Waals surface area (Å²) in [6, 6.07) is 17.0. The van der Waals surface area contributed by atoms with Gasteiger partial charge in [0.15, 0.2) is 5.58 Å². The number of methoxy groups -OCH3 is 1. The zero-order chi connectivity index (χ0) is 27.8. The molecule has 2 fully saturated rings. The number of anilines is 1. The second-order valence-corrected chi connectivity index (χ2v) is 10.4. The van der Waals surface area contributed by atoms with Crippen molar-refractivity contribution >= 4 is 22.7 Å². The number of fused-ring (bicyclic) bond motifs is 1. The summed E-state index contributed by atoms with van der Waals surface area (Å²) in [6.45, 7) is 3.99. The molecular formula is C31H30FN5O3. The fourth-order valence-electron chi connectivity index (χ4n) is 5.52. The van der Waals surface area contributed by atoms with Gasteiger partial charge in [0.2, 0.25) is 0 Å². The SMILES string of the molecule is COc1cc(C(=O)N2CCN(C)CC2)ccc1-c1cc2nccc(-c3ccc(N4CCC(F)C4)c(C#N)c3)c2o1. The number of hydrogen-bond donors (Lipinski definition) is 0. The zero-order valence-electron chi connectivity index (χ0n) is 22.6. The number of amides is 1. The molecule has 4 heterocycles. The molecule has 0 aliphatic carbocycles. The minimum absolute atomic E-state index is 0.0146. The third kappa shape index (κ3) is 4.75. The van der Waals surface area contributed by atoms with Crippen molar-refractivity contribution in [1.29, 1.82) is 5.26 Å². The Morgan fingerprint density at radius 2 is 1.90 bits per heavy atom. The predicted molar refractivity (Wildman–Crippen MR) is 151 cm³/mol. The topological polar surface area (TPSA) is 85.8 Å². The van der Waals surface area contributed by atoms with E-state index in [0.29, 0.717) is 71.9 Å². The van der Waals surface area contributed by atoms with Crippen LogP contribution in [0.1, 0.15) is 22.3 Å². The summed E-state index contributed by atoms with van der Waals surface area (Å²) in [5, 5.41) is 9.85. The highest BCUT2D eigenvalue weighted by atomic mass is 19.1. The molecule has 0 bridgehead atoms. The number of alkyl halides is 1. The summed E-state index contributed by atoms with van der Waals surface area (Å²) in [4.78, 5) is 23.6. The number of carbonyl (C=O) groups is 1. The number of carbonyl (C=O) groups excluding carboxylic acids is 1. The molecule has 204 valence electrons. The minimum atomic E-state index is -0.872. The molecule has 4 aromatic rings. The lowest BCUT2D eigenvalue weighted by Crippen LogP contribution is -2.47. The maximum Gasteiger partial charge on any atom is 0.254 e. The highest BCUT2D eigenvalue weighted by Crippen LogP contribution is 2.39. The molecule has 2 saturated heterocycles. The van der Waals surface area contributed by atoms with Gasteiger partial charge >= 0.3 is 0 Å². The van der Waals surface area contributed by atoms with Gasteiger partial charge in [-0.2, -0.15) is 5.26 Å². The molecule has 2 aromatic heterocycles. The Balaban J connectivity index is 1.33. The van der Waals surface area contributed by atoms with Crippen LogP contribution in [-0.2, 0) is 0 Å². The largest absolute Gasteiger partial charge is 0.496 e. The monoisotopic (exact) mass is 539 g/mol. The van der Waals surface area contributed by atoms with Crippen LogP contribution < -0.4 is 9.64 Å². The van der Waals surface area contributed by atoms with E-state index in [1.807, 2.05) is 46.2 Å². The number of nitrogens with zero attached hydrogens (tertiary/aromatic N) is 5. The second kappa shape index (κ2) is 10.6. The number of halogens is 1. The van der Waals surface area contributed by atoms with E-state index in [4.69, 9.17) is 9.15 Å². The first kappa shape index (κ1) is 25.8. The number of furan rings is 1. The Morgan fingerprint density at radius 1 is 1.07 bits per heavy atom. The average molecular weight is 540 g/mol. The molecule has 0 spiro atoms. The maximum atomic E-state index is 13.8. The lowest BCUT2D eigenvalue weighted by Gasteiger charge is -2.32. The third-order valence-electron chi connectivity index (χ3n) is 7.82. The van der Waals surface area contributed by atoms with Gasteiger partial charge in [-0.1, -0.05) is 6.07 Å². The van der Waals surface area contributed by atoms with E-state index in [-0.39, 0.29) is 5.91 Å². The van der Waals surface area contributed by atoms with E-state index >= 15 is 0 Å². The summed E-state index contributed by atoms with van der Waals surface area (Å²) in [5.74, 6) is 1.08.